The highest BCUT2D eigenvalue weighted by atomic mass is 35.5. The Labute approximate surface area is 175 Å². The molecule has 0 aliphatic heterocycles. The molecule has 1 amide bonds. The molecule has 0 atom stereocenters. The zero-order valence-corrected chi connectivity index (χ0v) is 18.4. The molecule has 0 saturated carbocycles. The van der Waals surface area contributed by atoms with Crippen LogP contribution in [0, 0.1) is 6.92 Å². The molecule has 0 saturated heterocycles. The van der Waals surface area contributed by atoms with E-state index in [1.807, 2.05) is 61.3 Å². The number of amides is 1. The maximum Gasteiger partial charge on any atom is 0.254 e. The Bertz CT molecular complexity index is 852. The fourth-order valence-corrected chi connectivity index (χ4v) is 3.34. The molecule has 1 heterocycles. The summed E-state index contributed by atoms with van der Waals surface area (Å²) in [4.78, 5) is 36.2. The predicted octanol–water partition coefficient (Wildman–Crippen LogP) is 2.98. The highest BCUT2D eigenvalue weighted by Gasteiger charge is 2.17. The van der Waals surface area contributed by atoms with Crippen molar-refractivity contribution in [2.45, 2.75) is 31.5 Å². The molecule has 0 bridgehead atoms. The summed E-state index contributed by atoms with van der Waals surface area (Å²) in [5, 5.41) is 1.26. The van der Waals surface area contributed by atoms with Gasteiger partial charge in [0.25, 0.3) is 5.56 Å². The van der Waals surface area contributed by atoms with Gasteiger partial charge in [-0.3, -0.25) is 9.59 Å². The van der Waals surface area contributed by atoms with Crippen LogP contribution in [0.25, 0.3) is 0 Å². The predicted molar refractivity (Wildman–Crippen MR) is 115 cm³/mol. The van der Waals surface area contributed by atoms with Crippen LogP contribution >= 0.6 is 23.4 Å². The smallest absolute Gasteiger partial charge is 0.254 e. The average Bonchev–Trinajstić information content (AvgIpc) is 2.65. The van der Waals surface area contributed by atoms with Crippen molar-refractivity contribution in [3.63, 3.8) is 0 Å². The van der Waals surface area contributed by atoms with Crippen LogP contribution in [0.1, 0.15) is 23.2 Å². The lowest BCUT2D eigenvalue weighted by Gasteiger charge is -2.25. The number of nitrogens with one attached hydrogen (secondary N) is 1. The molecule has 0 radical (unpaired) electrons. The number of hydrogen-bond acceptors (Lipinski definition) is 5. The third-order valence-corrected chi connectivity index (χ3v) is 5.27. The van der Waals surface area contributed by atoms with Gasteiger partial charge in [0, 0.05) is 42.3 Å². The van der Waals surface area contributed by atoms with E-state index in [4.69, 9.17) is 11.6 Å². The molecule has 0 fully saturated rings. The minimum absolute atomic E-state index is 0.0181. The van der Waals surface area contributed by atoms with Gasteiger partial charge in [0.1, 0.15) is 0 Å². The van der Waals surface area contributed by atoms with Crippen molar-refractivity contribution in [1.29, 1.82) is 0 Å². The topological polar surface area (TPSA) is 69.3 Å². The van der Waals surface area contributed by atoms with Crippen LogP contribution in [0.4, 0.5) is 0 Å². The number of benzene rings is 1. The molecule has 2 aromatic rings. The first-order valence-corrected chi connectivity index (χ1v) is 10.7. The molecule has 1 aromatic carbocycles. The van der Waals surface area contributed by atoms with Gasteiger partial charge >= 0.3 is 0 Å². The first-order valence-electron chi connectivity index (χ1n) is 9.11. The van der Waals surface area contributed by atoms with E-state index in [-0.39, 0.29) is 17.9 Å². The monoisotopic (exact) mass is 422 g/mol. The van der Waals surface area contributed by atoms with Crippen molar-refractivity contribution in [2.24, 2.45) is 0 Å². The Morgan fingerprint density at radius 3 is 2.46 bits per heavy atom. The minimum atomic E-state index is -0.165. The van der Waals surface area contributed by atoms with Crippen LogP contribution in [0.2, 0.25) is 5.02 Å². The minimum Gasteiger partial charge on any atom is -0.337 e. The van der Waals surface area contributed by atoms with Gasteiger partial charge in [-0.25, -0.2) is 4.98 Å². The lowest BCUT2D eigenvalue weighted by molar-refractivity contribution is -0.132. The van der Waals surface area contributed by atoms with Crippen molar-refractivity contribution >= 4 is 29.3 Å². The molecular weight excluding hydrogens is 396 g/mol. The van der Waals surface area contributed by atoms with Gasteiger partial charge < -0.3 is 14.8 Å². The maximum absolute atomic E-state index is 12.9. The third kappa shape index (κ3) is 6.65. The number of aromatic amines is 1. The average molecular weight is 423 g/mol. The summed E-state index contributed by atoms with van der Waals surface area (Å²) in [6.45, 7) is 3.71. The van der Waals surface area contributed by atoms with Gasteiger partial charge in [0.05, 0.1) is 0 Å². The van der Waals surface area contributed by atoms with E-state index in [0.717, 1.165) is 12.1 Å². The number of thioether (sulfide) groups is 1. The molecule has 28 heavy (non-hydrogen) atoms. The highest BCUT2D eigenvalue weighted by Crippen LogP contribution is 2.14. The van der Waals surface area contributed by atoms with E-state index < -0.39 is 0 Å². The molecule has 6 nitrogen and oxygen atoms in total. The molecule has 0 aliphatic rings. The second-order valence-corrected chi connectivity index (χ2v) is 8.12. The van der Waals surface area contributed by atoms with E-state index in [1.54, 1.807) is 0 Å². The summed E-state index contributed by atoms with van der Waals surface area (Å²) in [5.74, 6) is 0.0181. The fourth-order valence-electron chi connectivity index (χ4n) is 2.79. The molecule has 1 N–H and O–H groups in total. The summed E-state index contributed by atoms with van der Waals surface area (Å²) in [7, 11) is 3.96. The first-order chi connectivity index (χ1) is 13.3. The molecular formula is C20H27ClN4O2S. The molecule has 2 rings (SSSR count). The molecule has 1 aromatic heterocycles. The SMILES string of the molecule is CSc1nc(C)c(CCC(=O)N(CCN(C)C)Cc2ccc(Cl)cc2)c(=O)[nH]1. The van der Waals surface area contributed by atoms with E-state index in [0.29, 0.717) is 40.9 Å². The molecule has 0 aliphatic carbocycles. The van der Waals surface area contributed by atoms with Gasteiger partial charge in [-0.05, 0) is 51.4 Å². The summed E-state index contributed by atoms with van der Waals surface area (Å²) >= 11 is 7.35. The van der Waals surface area contributed by atoms with Crippen molar-refractivity contribution < 1.29 is 4.79 Å². The Kier molecular flexibility index (Phi) is 8.54. The maximum atomic E-state index is 12.9. The van der Waals surface area contributed by atoms with E-state index in [2.05, 4.69) is 9.97 Å². The Morgan fingerprint density at radius 1 is 1.21 bits per heavy atom. The van der Waals surface area contributed by atoms with Crippen molar-refractivity contribution in [3.8, 4) is 0 Å². The van der Waals surface area contributed by atoms with E-state index in [9.17, 15) is 9.59 Å². The number of rotatable bonds is 9. The number of likely N-dealkylation sites (N-methyl/N-ethyl adjacent to an activating group) is 1. The van der Waals surface area contributed by atoms with Gasteiger partial charge in [-0.2, -0.15) is 0 Å². The number of hydrogen-bond donors (Lipinski definition) is 1. The van der Waals surface area contributed by atoms with Gasteiger partial charge in [-0.15, -0.1) is 0 Å². The van der Waals surface area contributed by atoms with Crippen LogP contribution in [-0.4, -0.2) is 59.1 Å². The van der Waals surface area contributed by atoms with Crippen molar-refractivity contribution in [3.05, 3.63) is 56.5 Å². The van der Waals surface area contributed by atoms with Crippen LogP contribution in [0.3, 0.4) is 0 Å². The quantitative estimate of drug-likeness (QED) is 0.497. The molecule has 0 unspecified atom stereocenters. The zero-order chi connectivity index (χ0) is 20.7. The Balaban J connectivity index is 2.09. The summed E-state index contributed by atoms with van der Waals surface area (Å²) < 4.78 is 0. The number of halogens is 1. The standard InChI is InChI=1S/C20H27ClN4O2S/c1-14-17(19(27)23-20(22-14)28-4)9-10-18(26)25(12-11-24(2)3)13-15-5-7-16(21)8-6-15/h5-8H,9-13H2,1-4H3,(H,22,23,27). The number of aryl methyl sites for hydroxylation is 1. The van der Waals surface area contributed by atoms with E-state index in [1.165, 1.54) is 11.8 Å². The molecule has 152 valence electrons. The highest BCUT2D eigenvalue weighted by molar-refractivity contribution is 7.98. The molecule has 8 heteroatoms. The fraction of sp³-hybridized carbons (Fsp3) is 0.450. The van der Waals surface area contributed by atoms with E-state index >= 15 is 0 Å². The van der Waals surface area contributed by atoms with Crippen LogP contribution in [0.15, 0.2) is 34.2 Å². The lowest BCUT2D eigenvalue weighted by atomic mass is 10.1. The first kappa shape index (κ1) is 22.5. The summed E-state index contributed by atoms with van der Waals surface area (Å²) in [6, 6.07) is 7.51. The number of aromatic nitrogens is 2. The van der Waals surface area contributed by atoms with Gasteiger partial charge in [0.2, 0.25) is 5.91 Å². The molecule has 0 spiro atoms. The van der Waals surface area contributed by atoms with Gasteiger partial charge in [-0.1, -0.05) is 35.5 Å². The number of carbonyl (C=O) groups is 1. The van der Waals surface area contributed by atoms with Crippen molar-refractivity contribution in [2.75, 3.05) is 33.4 Å². The number of carbonyl (C=O) groups excluding carboxylic acids is 1. The van der Waals surface area contributed by atoms with Crippen molar-refractivity contribution in [1.82, 2.24) is 19.8 Å². The Hall–Kier alpha value is -1.83. The third-order valence-electron chi connectivity index (χ3n) is 4.44. The lowest BCUT2D eigenvalue weighted by Crippen LogP contribution is -2.36. The normalized spacial score (nSPS) is 11.1. The van der Waals surface area contributed by atoms with Crippen LogP contribution < -0.4 is 5.56 Å². The van der Waals surface area contributed by atoms with Crippen LogP contribution in [0.5, 0.6) is 0 Å². The zero-order valence-electron chi connectivity index (χ0n) is 16.8. The number of H-pyrrole nitrogens is 1. The largest absolute Gasteiger partial charge is 0.337 e. The summed E-state index contributed by atoms with van der Waals surface area (Å²) in [6.07, 6.45) is 2.51. The number of nitrogens with zero attached hydrogens (tertiary/aromatic N) is 3. The Morgan fingerprint density at radius 2 is 1.89 bits per heavy atom. The second kappa shape index (κ2) is 10.6. The second-order valence-electron chi connectivity index (χ2n) is 6.88. The van der Waals surface area contributed by atoms with Gasteiger partial charge in [0.15, 0.2) is 5.16 Å². The van der Waals surface area contributed by atoms with Crippen LogP contribution in [-0.2, 0) is 17.8 Å². The summed E-state index contributed by atoms with van der Waals surface area (Å²) in [5.41, 5.74) is 2.11.